The molecule has 3 rings (SSSR count). The van der Waals surface area contributed by atoms with Gasteiger partial charge in [0.15, 0.2) is 0 Å². The highest BCUT2D eigenvalue weighted by Gasteiger charge is 2.14. The molecule has 0 radical (unpaired) electrons. The third-order valence-corrected chi connectivity index (χ3v) is 3.86. The lowest BCUT2D eigenvalue weighted by molar-refractivity contribution is 0.0601. The second kappa shape index (κ2) is 6.07. The van der Waals surface area contributed by atoms with Gasteiger partial charge in [-0.2, -0.15) is 0 Å². The molecule has 1 aromatic heterocycles. The summed E-state index contributed by atoms with van der Waals surface area (Å²) in [6, 6.07) is 12.8. The van der Waals surface area contributed by atoms with Crippen molar-refractivity contribution < 1.29 is 9.53 Å². The first kappa shape index (κ1) is 15.0. The molecule has 5 heteroatoms. The minimum absolute atomic E-state index is 0.165. The molecule has 0 aliphatic rings. The molecule has 2 aromatic carbocycles. The zero-order valence-corrected chi connectivity index (χ0v) is 13.0. The second-order valence-electron chi connectivity index (χ2n) is 4.84. The predicted molar refractivity (Wildman–Crippen MR) is 89.8 cm³/mol. The lowest BCUT2D eigenvalue weighted by Crippen LogP contribution is -2.00. The van der Waals surface area contributed by atoms with Crippen LogP contribution in [0.25, 0.3) is 26.7 Å². The molecule has 23 heavy (non-hydrogen) atoms. The molecular formula is C18H11ClN2O2. The van der Waals surface area contributed by atoms with Gasteiger partial charge in [0, 0.05) is 6.20 Å². The van der Waals surface area contributed by atoms with E-state index in [4.69, 9.17) is 22.9 Å². The number of aromatic nitrogens is 1. The number of methoxy groups -OCH3 is 1. The number of carbonyl (C=O) groups excluding carboxylic acids is 1. The van der Waals surface area contributed by atoms with E-state index in [2.05, 4.69) is 9.83 Å². The van der Waals surface area contributed by atoms with Crippen LogP contribution in [0.2, 0.25) is 5.15 Å². The number of rotatable bonds is 2. The Hall–Kier alpha value is -2.90. The SMILES string of the molecule is [C-]#[N+]c1c(-c2cccc3ccc(C(=O)OC)cc23)ccnc1Cl. The summed E-state index contributed by atoms with van der Waals surface area (Å²) in [6.07, 6.45) is 1.56. The van der Waals surface area contributed by atoms with Gasteiger partial charge in [0.05, 0.1) is 19.2 Å². The Morgan fingerprint density at radius 1 is 1.22 bits per heavy atom. The van der Waals surface area contributed by atoms with Crippen molar-refractivity contribution in [3.63, 3.8) is 0 Å². The molecule has 0 spiro atoms. The number of hydrogen-bond acceptors (Lipinski definition) is 3. The summed E-state index contributed by atoms with van der Waals surface area (Å²) >= 11 is 6.04. The summed E-state index contributed by atoms with van der Waals surface area (Å²) in [5, 5.41) is 1.97. The molecule has 0 unspecified atom stereocenters. The summed E-state index contributed by atoms with van der Waals surface area (Å²) < 4.78 is 4.78. The maximum atomic E-state index is 11.8. The van der Waals surface area contributed by atoms with Crippen LogP contribution in [0, 0.1) is 6.57 Å². The number of hydrogen-bond donors (Lipinski definition) is 0. The average Bonchev–Trinajstić information content (AvgIpc) is 2.59. The van der Waals surface area contributed by atoms with Gasteiger partial charge in [0.1, 0.15) is 5.15 Å². The van der Waals surface area contributed by atoms with Crippen molar-refractivity contribution in [3.8, 4) is 11.1 Å². The van der Waals surface area contributed by atoms with Crippen molar-refractivity contribution in [2.24, 2.45) is 0 Å². The van der Waals surface area contributed by atoms with E-state index < -0.39 is 5.97 Å². The van der Waals surface area contributed by atoms with Gasteiger partial charge in [0.25, 0.3) is 0 Å². The molecule has 4 nitrogen and oxygen atoms in total. The van der Waals surface area contributed by atoms with Crippen LogP contribution >= 0.6 is 11.6 Å². The molecule has 0 N–H and O–H groups in total. The standard InChI is InChI=1S/C18H11ClN2O2/c1-20-16-14(8-9-21-17(16)19)13-5-3-4-11-6-7-12(10-15(11)13)18(22)23-2/h3-10H,2H3. The maximum absolute atomic E-state index is 11.8. The summed E-state index contributed by atoms with van der Waals surface area (Å²) in [4.78, 5) is 19.2. The number of fused-ring (bicyclic) bond motifs is 1. The first-order valence-corrected chi connectivity index (χ1v) is 7.17. The molecule has 0 atom stereocenters. The topological polar surface area (TPSA) is 43.5 Å². The Labute approximate surface area is 138 Å². The van der Waals surface area contributed by atoms with Crippen LogP contribution in [0.3, 0.4) is 0 Å². The van der Waals surface area contributed by atoms with E-state index in [1.54, 1.807) is 24.4 Å². The van der Waals surface area contributed by atoms with Gasteiger partial charge in [-0.25, -0.2) is 9.64 Å². The van der Waals surface area contributed by atoms with Crippen LogP contribution in [-0.4, -0.2) is 18.1 Å². The molecule has 0 amide bonds. The molecule has 1 heterocycles. The summed E-state index contributed by atoms with van der Waals surface area (Å²) in [7, 11) is 1.35. The zero-order valence-electron chi connectivity index (χ0n) is 12.2. The van der Waals surface area contributed by atoms with Crippen molar-refractivity contribution in [1.29, 1.82) is 0 Å². The van der Waals surface area contributed by atoms with Gasteiger partial charge in [-0.05, 0) is 40.1 Å². The predicted octanol–water partition coefficient (Wildman–Crippen LogP) is 4.89. The Bertz CT molecular complexity index is 961. The van der Waals surface area contributed by atoms with Crippen LogP contribution in [0.1, 0.15) is 10.4 Å². The fraction of sp³-hybridized carbons (Fsp3) is 0.0556. The third kappa shape index (κ3) is 2.63. The largest absolute Gasteiger partial charge is 0.465 e. The molecule has 3 aromatic rings. The van der Waals surface area contributed by atoms with Crippen molar-refractivity contribution in [3.05, 3.63) is 70.8 Å². The van der Waals surface area contributed by atoms with Crippen molar-refractivity contribution in [2.75, 3.05) is 7.11 Å². The highest BCUT2D eigenvalue weighted by atomic mass is 35.5. The van der Waals surface area contributed by atoms with Gasteiger partial charge in [0.2, 0.25) is 5.69 Å². The molecule has 0 saturated heterocycles. The molecule has 0 fully saturated rings. The van der Waals surface area contributed by atoms with Gasteiger partial charge in [-0.15, -0.1) is 0 Å². The van der Waals surface area contributed by atoms with Crippen LogP contribution in [0.15, 0.2) is 48.7 Å². The zero-order chi connectivity index (χ0) is 16.4. The van der Waals surface area contributed by atoms with E-state index in [-0.39, 0.29) is 5.15 Å². The minimum Gasteiger partial charge on any atom is -0.465 e. The second-order valence-corrected chi connectivity index (χ2v) is 5.20. The minimum atomic E-state index is -0.403. The molecule has 0 bridgehead atoms. The first-order valence-electron chi connectivity index (χ1n) is 6.79. The van der Waals surface area contributed by atoms with Gasteiger partial charge >= 0.3 is 5.97 Å². The molecule has 112 valence electrons. The van der Waals surface area contributed by atoms with Gasteiger partial charge in [-0.3, -0.25) is 4.98 Å². The lowest BCUT2D eigenvalue weighted by Gasteiger charge is -2.10. The lowest BCUT2D eigenvalue weighted by atomic mass is 9.96. The summed E-state index contributed by atoms with van der Waals surface area (Å²) in [5.74, 6) is -0.403. The molecule has 0 saturated carbocycles. The van der Waals surface area contributed by atoms with E-state index in [1.807, 2.05) is 24.3 Å². The number of esters is 1. The molecule has 0 aliphatic heterocycles. The molecule has 0 aliphatic carbocycles. The summed E-state index contributed by atoms with van der Waals surface area (Å²) in [6.45, 7) is 7.35. The Kier molecular flexibility index (Phi) is 3.96. The fourth-order valence-corrected chi connectivity index (χ4v) is 2.70. The van der Waals surface area contributed by atoms with E-state index in [9.17, 15) is 4.79 Å². The third-order valence-electron chi connectivity index (χ3n) is 3.58. The average molecular weight is 323 g/mol. The summed E-state index contributed by atoms with van der Waals surface area (Å²) in [5.41, 5.74) is 2.26. The maximum Gasteiger partial charge on any atom is 0.337 e. The smallest absolute Gasteiger partial charge is 0.337 e. The Balaban J connectivity index is 2.32. The van der Waals surface area contributed by atoms with E-state index >= 15 is 0 Å². The van der Waals surface area contributed by atoms with Crippen LogP contribution in [0.5, 0.6) is 0 Å². The Morgan fingerprint density at radius 3 is 2.78 bits per heavy atom. The van der Waals surface area contributed by atoms with E-state index in [0.717, 1.165) is 16.3 Å². The van der Waals surface area contributed by atoms with Crippen LogP contribution in [-0.2, 0) is 4.74 Å². The first-order chi connectivity index (χ1) is 11.2. The highest BCUT2D eigenvalue weighted by molar-refractivity contribution is 6.33. The van der Waals surface area contributed by atoms with Gasteiger partial charge < -0.3 is 4.74 Å². The number of benzene rings is 2. The van der Waals surface area contributed by atoms with Crippen LogP contribution in [0.4, 0.5) is 5.69 Å². The highest BCUT2D eigenvalue weighted by Crippen LogP contribution is 2.38. The van der Waals surface area contributed by atoms with E-state index in [1.165, 1.54) is 7.11 Å². The quantitative estimate of drug-likeness (QED) is 0.383. The van der Waals surface area contributed by atoms with Crippen LogP contribution < -0.4 is 0 Å². The normalized spacial score (nSPS) is 10.3. The number of carbonyl (C=O) groups is 1. The number of halogens is 1. The monoisotopic (exact) mass is 322 g/mol. The number of pyridine rings is 1. The van der Waals surface area contributed by atoms with Gasteiger partial charge in [-0.1, -0.05) is 35.9 Å². The number of nitrogens with zero attached hydrogens (tertiary/aromatic N) is 2. The van der Waals surface area contributed by atoms with Crippen molar-refractivity contribution in [2.45, 2.75) is 0 Å². The fourth-order valence-electron chi connectivity index (χ4n) is 2.50. The van der Waals surface area contributed by atoms with E-state index in [0.29, 0.717) is 16.8 Å². The van der Waals surface area contributed by atoms with Crippen molar-refractivity contribution >= 4 is 34.0 Å². The Morgan fingerprint density at radius 2 is 2.04 bits per heavy atom. The molecular weight excluding hydrogens is 312 g/mol. The van der Waals surface area contributed by atoms with Crippen molar-refractivity contribution in [1.82, 2.24) is 4.98 Å². The number of ether oxygens (including phenoxy) is 1.